The third kappa shape index (κ3) is 10.9. The number of aryl methyl sites for hydroxylation is 2. The van der Waals surface area contributed by atoms with Gasteiger partial charge in [0.05, 0.1) is 19.3 Å². The van der Waals surface area contributed by atoms with Crippen LogP contribution in [0.4, 0.5) is 0 Å². The van der Waals surface area contributed by atoms with Crippen LogP contribution in [-0.2, 0) is 28.5 Å². The van der Waals surface area contributed by atoms with E-state index in [0.29, 0.717) is 13.0 Å². The predicted molar refractivity (Wildman–Crippen MR) is 57.3 cm³/mol. The second-order valence-corrected chi connectivity index (χ2v) is 5.02. The van der Waals surface area contributed by atoms with Crippen LogP contribution in [-0.4, -0.2) is 29.3 Å². The van der Waals surface area contributed by atoms with E-state index in [2.05, 4.69) is 0 Å². The fourth-order valence-electron chi connectivity index (χ4n) is 1.06. The van der Waals surface area contributed by atoms with Gasteiger partial charge in [0, 0.05) is 12.4 Å². The van der Waals surface area contributed by atoms with Gasteiger partial charge < -0.3 is 9.90 Å². The van der Waals surface area contributed by atoms with Crippen LogP contribution in [0.1, 0.15) is 13.3 Å². The number of carbonyl (C=O) groups is 1. The molecule has 1 aromatic rings. The second kappa shape index (κ2) is 7.02. The number of carboxylic acid groups (broad SMARTS) is 1. The number of carboxylic acids is 1. The van der Waals surface area contributed by atoms with Gasteiger partial charge in [0.2, 0.25) is 6.33 Å². The zero-order valence-electron chi connectivity index (χ0n) is 9.74. The standard InChI is InChI=1S/C7H12N2O3S.C2H4O2/c1-8-4-5-9(7-8)3-2-6-13(10,11)12;1-2(3)4/h4-5,7H,2-3,6H2,1H3;1H3,(H,3,4). The minimum atomic E-state index is -3.81. The Morgan fingerprint density at radius 1 is 1.53 bits per heavy atom. The average molecular weight is 264 g/mol. The summed E-state index contributed by atoms with van der Waals surface area (Å²) in [6.45, 7) is 1.57. The van der Waals surface area contributed by atoms with Gasteiger partial charge in [-0.2, -0.15) is 8.42 Å². The summed E-state index contributed by atoms with van der Waals surface area (Å²) in [6, 6.07) is 0. The highest BCUT2D eigenvalue weighted by Gasteiger charge is 2.06. The summed E-state index contributed by atoms with van der Waals surface area (Å²) in [6.07, 6.45) is 5.99. The molecule has 0 amide bonds. The monoisotopic (exact) mass is 264 g/mol. The Morgan fingerprint density at radius 2 is 2.06 bits per heavy atom. The van der Waals surface area contributed by atoms with Gasteiger partial charge in [0.25, 0.3) is 10.1 Å². The largest absolute Gasteiger partial charge is 0.550 e. The molecule has 0 unspecified atom stereocenters. The molecule has 0 radical (unpaired) electrons. The minimum absolute atomic E-state index is 0.186. The highest BCUT2D eigenvalue weighted by Crippen LogP contribution is 1.93. The van der Waals surface area contributed by atoms with Crippen molar-refractivity contribution in [3.8, 4) is 0 Å². The van der Waals surface area contributed by atoms with Crippen molar-refractivity contribution in [2.45, 2.75) is 19.9 Å². The van der Waals surface area contributed by atoms with E-state index in [4.69, 9.17) is 14.5 Å². The van der Waals surface area contributed by atoms with Crippen LogP contribution >= 0.6 is 0 Å². The molecule has 0 saturated heterocycles. The van der Waals surface area contributed by atoms with Crippen molar-refractivity contribution < 1.29 is 27.4 Å². The first-order valence-electron chi connectivity index (χ1n) is 4.84. The Labute approximate surface area is 100 Å². The lowest BCUT2D eigenvalue weighted by atomic mass is 10.5. The van der Waals surface area contributed by atoms with Crippen molar-refractivity contribution in [1.29, 1.82) is 0 Å². The summed E-state index contributed by atoms with van der Waals surface area (Å²) in [5.74, 6) is -1.27. The molecule has 1 rings (SSSR count). The van der Waals surface area contributed by atoms with Crippen molar-refractivity contribution in [2.24, 2.45) is 7.05 Å². The van der Waals surface area contributed by atoms with Gasteiger partial charge in [-0.05, 0) is 6.92 Å². The van der Waals surface area contributed by atoms with Gasteiger partial charge in [-0.3, -0.25) is 4.55 Å². The molecule has 1 N–H and O–H groups in total. The van der Waals surface area contributed by atoms with Gasteiger partial charge >= 0.3 is 0 Å². The molecule has 0 atom stereocenters. The smallest absolute Gasteiger partial charge is 0.265 e. The van der Waals surface area contributed by atoms with Crippen molar-refractivity contribution >= 4 is 16.1 Å². The third-order valence-corrected chi connectivity index (χ3v) is 2.45. The molecule has 0 aliphatic carbocycles. The fraction of sp³-hybridized carbons (Fsp3) is 0.556. The molecule has 1 aromatic heterocycles. The van der Waals surface area contributed by atoms with Crippen LogP contribution in [0.3, 0.4) is 0 Å². The lowest BCUT2D eigenvalue weighted by Gasteiger charge is -1.94. The lowest BCUT2D eigenvalue weighted by Crippen LogP contribution is -2.23. The van der Waals surface area contributed by atoms with E-state index >= 15 is 0 Å². The SMILES string of the molecule is CC(=O)[O-].C[n+]1ccn(CCCS(=O)(=O)O)c1. The lowest BCUT2D eigenvalue weighted by molar-refractivity contribution is -0.671. The van der Waals surface area contributed by atoms with E-state index in [-0.39, 0.29) is 5.75 Å². The summed E-state index contributed by atoms with van der Waals surface area (Å²) in [4.78, 5) is 8.89. The summed E-state index contributed by atoms with van der Waals surface area (Å²) < 4.78 is 32.9. The van der Waals surface area contributed by atoms with Gasteiger partial charge in [0.15, 0.2) is 0 Å². The predicted octanol–water partition coefficient (Wildman–Crippen LogP) is -1.65. The number of carbonyl (C=O) groups excluding carboxylic acids is 1. The maximum Gasteiger partial charge on any atom is 0.265 e. The normalized spacial score (nSPS) is 10.5. The number of hydrogen-bond acceptors (Lipinski definition) is 4. The molecule has 98 valence electrons. The molecule has 0 bridgehead atoms. The van der Waals surface area contributed by atoms with E-state index in [1.165, 1.54) is 0 Å². The van der Waals surface area contributed by atoms with Crippen LogP contribution in [0.25, 0.3) is 0 Å². The first-order chi connectivity index (χ1) is 7.70. The van der Waals surface area contributed by atoms with Crippen molar-refractivity contribution in [3.05, 3.63) is 18.7 Å². The Bertz CT molecular complexity index is 448. The van der Waals surface area contributed by atoms with E-state index < -0.39 is 16.1 Å². The number of rotatable bonds is 4. The molecule has 0 aliphatic rings. The van der Waals surface area contributed by atoms with Gasteiger partial charge in [-0.25, -0.2) is 9.13 Å². The molecule has 0 aliphatic heterocycles. The van der Waals surface area contributed by atoms with E-state index in [1.54, 1.807) is 0 Å². The van der Waals surface area contributed by atoms with Crippen LogP contribution in [0.5, 0.6) is 0 Å². The van der Waals surface area contributed by atoms with Gasteiger partial charge in [-0.1, -0.05) is 0 Å². The zero-order valence-corrected chi connectivity index (χ0v) is 10.6. The Kier molecular flexibility index (Phi) is 6.44. The zero-order chi connectivity index (χ0) is 13.5. The summed E-state index contributed by atoms with van der Waals surface area (Å²) in [5, 5.41) is 8.89. The number of hydrogen-bond donors (Lipinski definition) is 1. The number of aliphatic carboxylic acids is 1. The first kappa shape index (κ1) is 15.6. The van der Waals surface area contributed by atoms with E-state index in [1.807, 2.05) is 34.9 Å². The summed E-state index contributed by atoms with van der Waals surface area (Å²) >= 11 is 0. The van der Waals surface area contributed by atoms with Crippen molar-refractivity contribution in [3.63, 3.8) is 0 Å². The first-order valence-corrected chi connectivity index (χ1v) is 6.45. The highest BCUT2D eigenvalue weighted by molar-refractivity contribution is 7.85. The second-order valence-electron chi connectivity index (χ2n) is 3.45. The van der Waals surface area contributed by atoms with Gasteiger partial charge in [0.1, 0.15) is 12.4 Å². The van der Waals surface area contributed by atoms with E-state index in [0.717, 1.165) is 6.92 Å². The Hall–Kier alpha value is -1.41. The topological polar surface area (TPSA) is 103 Å². The molecule has 0 aromatic carbocycles. The fourth-order valence-corrected chi connectivity index (χ4v) is 1.56. The molecule has 8 heteroatoms. The number of nitrogens with zero attached hydrogens (tertiary/aromatic N) is 2. The third-order valence-electron chi connectivity index (χ3n) is 1.64. The number of imidazole rings is 1. The van der Waals surface area contributed by atoms with Crippen LogP contribution in [0.2, 0.25) is 0 Å². The molecule has 7 nitrogen and oxygen atoms in total. The van der Waals surface area contributed by atoms with Crippen molar-refractivity contribution in [2.75, 3.05) is 5.75 Å². The molecule has 17 heavy (non-hydrogen) atoms. The van der Waals surface area contributed by atoms with E-state index in [9.17, 15) is 8.42 Å². The van der Waals surface area contributed by atoms with Gasteiger partial charge in [-0.15, -0.1) is 0 Å². The molecule has 0 fully saturated rings. The van der Waals surface area contributed by atoms with Crippen molar-refractivity contribution in [1.82, 2.24) is 4.57 Å². The maximum atomic E-state index is 10.4. The molecule has 1 heterocycles. The summed E-state index contributed by atoms with van der Waals surface area (Å²) in [7, 11) is -1.92. The average Bonchev–Trinajstić information content (AvgIpc) is 2.48. The highest BCUT2D eigenvalue weighted by atomic mass is 32.2. The van der Waals surface area contributed by atoms with Crippen LogP contribution in [0.15, 0.2) is 18.7 Å². The minimum Gasteiger partial charge on any atom is -0.550 e. The maximum absolute atomic E-state index is 10.4. The Morgan fingerprint density at radius 3 is 2.41 bits per heavy atom. The molecular formula is C9H16N2O5S. The molecule has 0 spiro atoms. The summed E-state index contributed by atoms with van der Waals surface area (Å²) in [5.41, 5.74) is 0. The molecular weight excluding hydrogens is 248 g/mol. The number of aromatic nitrogens is 2. The van der Waals surface area contributed by atoms with Crippen LogP contribution in [0, 0.1) is 0 Å². The molecule has 0 saturated carbocycles. The Balaban J connectivity index is 0.000000557. The quantitative estimate of drug-likeness (QED) is 0.518. The van der Waals surface area contributed by atoms with Crippen LogP contribution < -0.4 is 9.67 Å².